The van der Waals surface area contributed by atoms with E-state index in [0.29, 0.717) is 6.61 Å². The normalized spacial score (nSPS) is 6.31. The number of nitriles is 2. The number of ether oxygens (including phenoxy) is 1. The average molecular weight is 305 g/mol. The van der Waals surface area contributed by atoms with E-state index in [2.05, 4.69) is 0 Å². The quantitative estimate of drug-likeness (QED) is 0.783. The molecule has 0 aliphatic rings. The zero-order valence-corrected chi connectivity index (χ0v) is 12.4. The summed E-state index contributed by atoms with van der Waals surface area (Å²) in [5, 5.41) is 22.7. The van der Waals surface area contributed by atoms with E-state index in [4.69, 9.17) is 20.4 Å². The van der Waals surface area contributed by atoms with Crippen LogP contribution in [0.15, 0.2) is 0 Å². The number of unbranched alkanes of at least 4 members (excludes halogenated alkanes) is 1. The van der Waals surface area contributed by atoms with E-state index >= 15 is 0 Å². The molecule has 0 aliphatic heterocycles. The summed E-state index contributed by atoms with van der Waals surface area (Å²) in [7, 11) is 0. The largest absolute Gasteiger partial charge is 0.480 e. The first kappa shape index (κ1) is 24.5. The van der Waals surface area contributed by atoms with E-state index in [-0.39, 0.29) is 32.8 Å². The Kier molecular flexibility index (Phi) is 44.8. The first-order valence-electron chi connectivity index (χ1n) is 4.51. The molecule has 0 unspecified atom stereocenters. The summed E-state index contributed by atoms with van der Waals surface area (Å²) in [6.45, 7) is 5.28. The molecule has 0 saturated carbocycles. The van der Waals surface area contributed by atoms with Crippen molar-refractivity contribution in [3.63, 3.8) is 0 Å². The van der Waals surface area contributed by atoms with E-state index in [1.807, 2.05) is 6.92 Å². The SMILES string of the molecule is CC#N.CC#N.CCCCOCC(=O)O.[Zr]. The van der Waals surface area contributed by atoms with Crippen molar-refractivity contribution < 1.29 is 40.8 Å². The van der Waals surface area contributed by atoms with Gasteiger partial charge in [-0.1, -0.05) is 13.3 Å². The Morgan fingerprint density at radius 1 is 1.31 bits per heavy atom. The molecule has 0 spiro atoms. The van der Waals surface area contributed by atoms with Gasteiger partial charge in [0.15, 0.2) is 0 Å². The van der Waals surface area contributed by atoms with Crippen molar-refractivity contribution in [2.75, 3.05) is 13.2 Å². The van der Waals surface area contributed by atoms with E-state index in [0.717, 1.165) is 12.8 Å². The van der Waals surface area contributed by atoms with Crippen molar-refractivity contribution >= 4 is 5.97 Å². The van der Waals surface area contributed by atoms with Crippen LogP contribution in [0.3, 0.4) is 0 Å². The summed E-state index contributed by atoms with van der Waals surface area (Å²) in [5.41, 5.74) is 0. The Balaban J connectivity index is -0.0000000870. The molecular weight excluding hydrogens is 287 g/mol. The van der Waals surface area contributed by atoms with Gasteiger partial charge in [0.05, 0.1) is 12.1 Å². The third-order valence-electron chi connectivity index (χ3n) is 0.868. The Bertz CT molecular complexity index is 197. The van der Waals surface area contributed by atoms with E-state index in [1.165, 1.54) is 13.8 Å². The third kappa shape index (κ3) is 71.7. The Labute approximate surface area is 116 Å². The van der Waals surface area contributed by atoms with Crippen molar-refractivity contribution in [1.29, 1.82) is 10.5 Å². The van der Waals surface area contributed by atoms with Crippen LogP contribution in [0.25, 0.3) is 0 Å². The van der Waals surface area contributed by atoms with Gasteiger partial charge in [0.25, 0.3) is 0 Å². The van der Waals surface area contributed by atoms with Crippen LogP contribution in [0.2, 0.25) is 0 Å². The van der Waals surface area contributed by atoms with Gasteiger partial charge in [-0.15, -0.1) is 0 Å². The number of aliphatic carboxylic acids is 1. The van der Waals surface area contributed by atoms with Gasteiger partial charge in [0.2, 0.25) is 0 Å². The predicted octanol–water partition coefficient (Wildman–Crippen LogP) is 1.94. The number of nitrogens with zero attached hydrogens (tertiary/aromatic N) is 2. The molecule has 5 nitrogen and oxygen atoms in total. The number of carboxylic acid groups (broad SMARTS) is 1. The molecule has 0 radical (unpaired) electrons. The van der Waals surface area contributed by atoms with Crippen LogP contribution in [0, 0.1) is 22.7 Å². The van der Waals surface area contributed by atoms with Gasteiger partial charge in [-0.2, -0.15) is 10.5 Å². The minimum absolute atomic E-state index is 0. The van der Waals surface area contributed by atoms with E-state index in [1.54, 1.807) is 12.1 Å². The number of carboxylic acids is 1. The van der Waals surface area contributed by atoms with Crippen molar-refractivity contribution in [3.8, 4) is 12.1 Å². The molecule has 0 amide bonds. The summed E-state index contributed by atoms with van der Waals surface area (Å²) in [5.74, 6) is -0.897. The molecule has 0 atom stereocenters. The molecule has 0 heterocycles. The van der Waals surface area contributed by atoms with E-state index in [9.17, 15) is 4.79 Å². The average Bonchev–Trinajstić information content (AvgIpc) is 2.15. The molecular formula is C10H18N2O3Zr. The first-order chi connectivity index (χ1) is 7.10. The standard InChI is InChI=1S/C6H12O3.2C2H3N.Zr/c1-2-3-4-9-5-6(7)8;2*1-2-3;/h2-5H2,1H3,(H,7,8);2*1H3;. The second kappa shape index (κ2) is 29.2. The van der Waals surface area contributed by atoms with Gasteiger partial charge >= 0.3 is 5.97 Å². The molecule has 90 valence electrons. The van der Waals surface area contributed by atoms with Gasteiger partial charge in [-0.05, 0) is 6.42 Å². The Hall–Kier alpha value is -0.707. The summed E-state index contributed by atoms with van der Waals surface area (Å²) in [4.78, 5) is 9.84. The van der Waals surface area contributed by atoms with E-state index < -0.39 is 5.97 Å². The van der Waals surface area contributed by atoms with Gasteiger partial charge in [0.1, 0.15) is 6.61 Å². The molecule has 0 aromatic rings. The molecule has 0 aliphatic carbocycles. The number of rotatable bonds is 5. The van der Waals surface area contributed by atoms with Crippen molar-refractivity contribution in [2.45, 2.75) is 33.6 Å². The second-order valence-corrected chi connectivity index (χ2v) is 2.25. The van der Waals surface area contributed by atoms with Crippen LogP contribution in [0.4, 0.5) is 0 Å². The van der Waals surface area contributed by atoms with Crippen molar-refractivity contribution in [1.82, 2.24) is 0 Å². The smallest absolute Gasteiger partial charge is 0.329 e. The monoisotopic (exact) mass is 304 g/mol. The molecule has 0 aromatic carbocycles. The van der Waals surface area contributed by atoms with Crippen LogP contribution >= 0.6 is 0 Å². The fourth-order valence-electron chi connectivity index (χ4n) is 0.406. The third-order valence-corrected chi connectivity index (χ3v) is 0.868. The Morgan fingerprint density at radius 3 is 1.94 bits per heavy atom. The van der Waals surface area contributed by atoms with Gasteiger partial charge in [-0.3, -0.25) is 0 Å². The Morgan fingerprint density at radius 2 is 1.69 bits per heavy atom. The summed E-state index contributed by atoms with van der Waals surface area (Å²) in [6, 6.07) is 3.50. The zero-order chi connectivity index (χ0) is 12.5. The van der Waals surface area contributed by atoms with Gasteiger partial charge in [0, 0.05) is 46.7 Å². The van der Waals surface area contributed by atoms with Crippen LogP contribution in [0.1, 0.15) is 33.6 Å². The molecule has 1 N–H and O–H groups in total. The molecule has 0 bridgehead atoms. The summed E-state index contributed by atoms with van der Waals surface area (Å²) >= 11 is 0. The van der Waals surface area contributed by atoms with Gasteiger partial charge < -0.3 is 9.84 Å². The van der Waals surface area contributed by atoms with Gasteiger partial charge in [-0.25, -0.2) is 4.79 Å². The topological polar surface area (TPSA) is 94.1 Å². The molecule has 0 rings (SSSR count). The molecule has 16 heavy (non-hydrogen) atoms. The van der Waals surface area contributed by atoms with Crippen LogP contribution in [0.5, 0.6) is 0 Å². The number of hydrogen-bond acceptors (Lipinski definition) is 4. The maximum Gasteiger partial charge on any atom is 0.329 e. The second-order valence-electron chi connectivity index (χ2n) is 2.25. The fraction of sp³-hybridized carbons (Fsp3) is 0.700. The summed E-state index contributed by atoms with van der Waals surface area (Å²) in [6.07, 6.45) is 1.98. The van der Waals surface area contributed by atoms with Crippen LogP contribution < -0.4 is 0 Å². The molecule has 0 aromatic heterocycles. The maximum atomic E-state index is 9.84. The van der Waals surface area contributed by atoms with Crippen LogP contribution in [-0.4, -0.2) is 24.3 Å². The van der Waals surface area contributed by atoms with Crippen molar-refractivity contribution in [2.24, 2.45) is 0 Å². The number of carbonyl (C=O) groups is 1. The molecule has 6 heteroatoms. The van der Waals surface area contributed by atoms with Crippen LogP contribution in [-0.2, 0) is 35.7 Å². The fourth-order valence-corrected chi connectivity index (χ4v) is 0.406. The molecule has 0 saturated heterocycles. The van der Waals surface area contributed by atoms with Crippen molar-refractivity contribution in [3.05, 3.63) is 0 Å². The minimum Gasteiger partial charge on any atom is -0.480 e. The predicted molar refractivity (Wildman–Crippen MR) is 55.9 cm³/mol. The number of hydrogen-bond donors (Lipinski definition) is 1. The minimum atomic E-state index is -0.897. The summed E-state index contributed by atoms with van der Waals surface area (Å²) < 4.78 is 4.74. The molecule has 0 fully saturated rings. The maximum absolute atomic E-state index is 9.84. The first-order valence-corrected chi connectivity index (χ1v) is 4.51. The zero-order valence-electron chi connectivity index (χ0n) is 9.99.